The van der Waals surface area contributed by atoms with Gasteiger partial charge in [0.05, 0.1) is 10.6 Å². The van der Waals surface area contributed by atoms with Crippen LogP contribution in [0, 0.1) is 5.82 Å². The third-order valence-electron chi connectivity index (χ3n) is 3.98. The number of hydrogen-bond donors (Lipinski definition) is 2. The predicted molar refractivity (Wildman–Crippen MR) is 96.9 cm³/mol. The lowest BCUT2D eigenvalue weighted by molar-refractivity contribution is 0.0942. The largest absolute Gasteiger partial charge is 0.347 e. The average Bonchev–Trinajstić information content (AvgIpc) is 3.24. The van der Waals surface area contributed by atoms with E-state index in [-0.39, 0.29) is 24.3 Å². The van der Waals surface area contributed by atoms with E-state index >= 15 is 0 Å². The molecule has 7 heteroatoms. The molecule has 2 heterocycles. The van der Waals surface area contributed by atoms with Crippen LogP contribution in [0.3, 0.4) is 0 Å². The van der Waals surface area contributed by atoms with Crippen molar-refractivity contribution in [2.45, 2.75) is 12.5 Å². The van der Waals surface area contributed by atoms with Gasteiger partial charge in [-0.05, 0) is 30.2 Å². The molecule has 0 radical (unpaired) electrons. The molecule has 0 aliphatic heterocycles. The van der Waals surface area contributed by atoms with Gasteiger partial charge < -0.3 is 11.1 Å². The lowest BCUT2D eigenvalue weighted by atomic mass is 10.1. The van der Waals surface area contributed by atoms with Gasteiger partial charge in [0, 0.05) is 36.8 Å². The first-order valence-corrected chi connectivity index (χ1v) is 8.77. The number of hydrogen-bond acceptors (Lipinski definition) is 4. The molecule has 0 saturated carbocycles. The van der Waals surface area contributed by atoms with E-state index < -0.39 is 0 Å². The highest BCUT2D eigenvalue weighted by Crippen LogP contribution is 2.25. The number of nitrogens with one attached hydrogen (secondary N) is 1. The Morgan fingerprint density at radius 2 is 2.20 bits per heavy atom. The highest BCUT2D eigenvalue weighted by Gasteiger charge is 2.17. The molecular weight excluding hydrogens is 339 g/mol. The van der Waals surface area contributed by atoms with Gasteiger partial charge in [0.2, 0.25) is 0 Å². The van der Waals surface area contributed by atoms with E-state index in [0.29, 0.717) is 16.9 Å². The molecule has 0 saturated heterocycles. The first kappa shape index (κ1) is 17.3. The van der Waals surface area contributed by atoms with Crippen molar-refractivity contribution in [1.82, 2.24) is 15.1 Å². The van der Waals surface area contributed by atoms with Gasteiger partial charge in [-0.25, -0.2) is 4.39 Å². The van der Waals surface area contributed by atoms with Crippen LogP contribution in [-0.2, 0) is 13.5 Å². The summed E-state index contributed by atoms with van der Waals surface area (Å²) in [6, 6.07) is 9.91. The number of carbonyl (C=O) groups is 1. The summed E-state index contributed by atoms with van der Waals surface area (Å²) in [5.74, 6) is -0.491. The fourth-order valence-electron chi connectivity index (χ4n) is 2.63. The molecule has 0 aliphatic rings. The van der Waals surface area contributed by atoms with Gasteiger partial charge in [-0.3, -0.25) is 9.48 Å². The number of benzene rings is 1. The van der Waals surface area contributed by atoms with Crippen molar-refractivity contribution in [2.75, 3.05) is 6.54 Å². The predicted octanol–water partition coefficient (Wildman–Crippen LogP) is 2.59. The number of nitrogens with zero attached hydrogens (tertiary/aromatic N) is 2. The molecule has 0 fully saturated rings. The number of aryl methyl sites for hydroxylation is 1. The van der Waals surface area contributed by atoms with Crippen LogP contribution in [-0.4, -0.2) is 28.3 Å². The average molecular weight is 358 g/mol. The highest BCUT2D eigenvalue weighted by atomic mass is 32.1. The van der Waals surface area contributed by atoms with Crippen LogP contribution >= 0.6 is 11.3 Å². The lowest BCUT2D eigenvalue weighted by Gasteiger charge is -2.16. The van der Waals surface area contributed by atoms with E-state index in [1.165, 1.54) is 17.4 Å². The number of aromatic nitrogens is 2. The normalized spacial score (nSPS) is 12.1. The topological polar surface area (TPSA) is 72.9 Å². The van der Waals surface area contributed by atoms with E-state index in [9.17, 15) is 9.18 Å². The zero-order chi connectivity index (χ0) is 17.8. The summed E-state index contributed by atoms with van der Waals surface area (Å²) in [5, 5.41) is 8.94. The molecule has 1 aromatic carbocycles. The minimum atomic E-state index is -0.327. The van der Waals surface area contributed by atoms with Gasteiger partial charge in [0.1, 0.15) is 5.82 Å². The molecule has 1 atom stereocenters. The maximum atomic E-state index is 13.8. The summed E-state index contributed by atoms with van der Waals surface area (Å²) in [6.07, 6.45) is 2.07. The van der Waals surface area contributed by atoms with Crippen molar-refractivity contribution >= 4 is 17.2 Å². The van der Waals surface area contributed by atoms with Crippen LogP contribution in [0.5, 0.6) is 0 Å². The molecule has 3 rings (SSSR count). The number of rotatable bonds is 6. The SMILES string of the molecule is Cn1nccc1-c1csc(C(=O)N[C@H](CN)Cc2ccccc2F)c1. The van der Waals surface area contributed by atoms with Crippen molar-refractivity contribution in [1.29, 1.82) is 0 Å². The van der Waals surface area contributed by atoms with Crippen LogP contribution in [0.2, 0.25) is 0 Å². The zero-order valence-electron chi connectivity index (χ0n) is 13.8. The number of thiophene rings is 1. The summed E-state index contributed by atoms with van der Waals surface area (Å²) in [7, 11) is 1.85. The highest BCUT2D eigenvalue weighted by molar-refractivity contribution is 7.12. The molecule has 5 nitrogen and oxygen atoms in total. The Labute approximate surface area is 149 Å². The fourth-order valence-corrected chi connectivity index (χ4v) is 3.43. The van der Waals surface area contributed by atoms with Crippen molar-refractivity contribution < 1.29 is 9.18 Å². The minimum absolute atomic E-state index is 0.204. The van der Waals surface area contributed by atoms with Crippen LogP contribution in [0.15, 0.2) is 48.0 Å². The van der Waals surface area contributed by atoms with Gasteiger partial charge in [-0.1, -0.05) is 18.2 Å². The molecule has 0 unspecified atom stereocenters. The number of nitrogens with two attached hydrogens (primary N) is 1. The second kappa shape index (κ2) is 7.58. The second-order valence-corrected chi connectivity index (χ2v) is 6.65. The van der Waals surface area contributed by atoms with Crippen LogP contribution in [0.4, 0.5) is 4.39 Å². The quantitative estimate of drug-likeness (QED) is 0.711. The van der Waals surface area contributed by atoms with Gasteiger partial charge in [0.15, 0.2) is 0 Å². The Morgan fingerprint density at radius 1 is 1.40 bits per heavy atom. The number of amides is 1. The molecule has 3 N–H and O–H groups in total. The zero-order valence-corrected chi connectivity index (χ0v) is 14.6. The summed E-state index contributed by atoms with van der Waals surface area (Å²) >= 11 is 1.36. The van der Waals surface area contributed by atoms with E-state index in [4.69, 9.17) is 5.73 Å². The maximum Gasteiger partial charge on any atom is 0.261 e. The van der Waals surface area contributed by atoms with Crippen molar-refractivity contribution in [2.24, 2.45) is 12.8 Å². The Balaban J connectivity index is 1.69. The Bertz CT molecular complexity index is 873. The van der Waals surface area contributed by atoms with E-state index in [2.05, 4.69) is 10.4 Å². The Morgan fingerprint density at radius 3 is 2.88 bits per heavy atom. The van der Waals surface area contributed by atoms with Crippen LogP contribution in [0.25, 0.3) is 11.3 Å². The standard InChI is InChI=1S/C18H19FN4OS/c1-23-16(6-7-21-23)13-9-17(25-11-13)18(24)22-14(10-20)8-12-4-2-3-5-15(12)19/h2-7,9,11,14H,8,10,20H2,1H3,(H,22,24)/t14-/m0/s1. The number of carbonyl (C=O) groups excluding carboxylic acids is 1. The minimum Gasteiger partial charge on any atom is -0.347 e. The van der Waals surface area contributed by atoms with Gasteiger partial charge >= 0.3 is 0 Å². The number of halogens is 1. The molecule has 0 bridgehead atoms. The van der Waals surface area contributed by atoms with Gasteiger partial charge in [-0.2, -0.15) is 5.10 Å². The molecule has 0 spiro atoms. The Kier molecular flexibility index (Phi) is 5.25. The third-order valence-corrected chi connectivity index (χ3v) is 4.91. The maximum absolute atomic E-state index is 13.8. The van der Waals surface area contributed by atoms with E-state index in [1.54, 1.807) is 29.1 Å². The summed E-state index contributed by atoms with van der Waals surface area (Å²) in [5.41, 5.74) is 8.18. The lowest BCUT2D eigenvalue weighted by Crippen LogP contribution is -2.41. The molecule has 130 valence electrons. The van der Waals surface area contributed by atoms with E-state index in [0.717, 1.165) is 11.3 Å². The molecule has 0 aliphatic carbocycles. The second-order valence-electron chi connectivity index (χ2n) is 5.74. The summed E-state index contributed by atoms with van der Waals surface area (Å²) in [4.78, 5) is 13.1. The summed E-state index contributed by atoms with van der Waals surface area (Å²) in [6.45, 7) is 0.236. The van der Waals surface area contributed by atoms with Gasteiger partial charge in [-0.15, -0.1) is 11.3 Å². The molecular formula is C18H19FN4OS. The third kappa shape index (κ3) is 3.94. The van der Waals surface area contributed by atoms with Crippen molar-refractivity contribution in [3.8, 4) is 11.3 Å². The van der Waals surface area contributed by atoms with E-state index in [1.807, 2.05) is 24.6 Å². The Hall–Kier alpha value is -2.51. The smallest absolute Gasteiger partial charge is 0.261 e. The monoisotopic (exact) mass is 358 g/mol. The molecule has 2 aromatic heterocycles. The van der Waals surface area contributed by atoms with Crippen molar-refractivity contribution in [3.63, 3.8) is 0 Å². The summed E-state index contributed by atoms with van der Waals surface area (Å²) < 4.78 is 15.5. The first-order chi connectivity index (χ1) is 12.1. The van der Waals surface area contributed by atoms with Crippen LogP contribution < -0.4 is 11.1 Å². The molecule has 1 amide bonds. The first-order valence-electron chi connectivity index (χ1n) is 7.89. The van der Waals surface area contributed by atoms with Crippen molar-refractivity contribution in [3.05, 3.63) is 64.2 Å². The molecule has 25 heavy (non-hydrogen) atoms. The van der Waals surface area contributed by atoms with Crippen LogP contribution in [0.1, 0.15) is 15.2 Å². The fraction of sp³-hybridized carbons (Fsp3) is 0.222. The molecule has 3 aromatic rings. The van der Waals surface area contributed by atoms with Gasteiger partial charge in [0.25, 0.3) is 5.91 Å².